The van der Waals surface area contributed by atoms with Crippen molar-refractivity contribution < 1.29 is 14.7 Å². The maximum atomic E-state index is 12.0. The van der Waals surface area contributed by atoms with Crippen LogP contribution in [0.25, 0.3) is 0 Å². The van der Waals surface area contributed by atoms with Gasteiger partial charge in [-0.1, -0.05) is 0 Å². The molecule has 0 heterocycles. The molecule has 0 aliphatic heterocycles. The van der Waals surface area contributed by atoms with E-state index in [0.29, 0.717) is 16.9 Å². The Morgan fingerprint density at radius 1 is 1.05 bits per heavy atom. The molecule has 2 aromatic rings. The minimum atomic E-state index is -1.01. The highest BCUT2D eigenvalue weighted by Gasteiger charge is 2.08. The van der Waals surface area contributed by atoms with Crippen molar-refractivity contribution in [3.8, 4) is 0 Å². The maximum absolute atomic E-state index is 12.0. The molecule has 1 amide bonds. The molecule has 2 rings (SSSR count). The van der Waals surface area contributed by atoms with Gasteiger partial charge < -0.3 is 16.2 Å². The fraction of sp³-hybridized carbons (Fsp3) is 0. The second-order valence-corrected chi connectivity index (χ2v) is 4.93. The Bertz CT molecular complexity index is 669. The summed E-state index contributed by atoms with van der Waals surface area (Å²) >= 11 is 3.25. The number of nitrogens with two attached hydrogens (primary N) is 1. The van der Waals surface area contributed by atoms with Gasteiger partial charge in [0.2, 0.25) is 0 Å². The summed E-state index contributed by atoms with van der Waals surface area (Å²) in [5.41, 5.74) is 7.29. The summed E-state index contributed by atoms with van der Waals surface area (Å²) in [6, 6.07) is 10.8. The molecule has 6 heteroatoms. The fourth-order valence-corrected chi connectivity index (χ4v) is 1.83. The normalized spacial score (nSPS) is 10.1. The van der Waals surface area contributed by atoms with E-state index in [9.17, 15) is 9.59 Å². The predicted molar refractivity (Wildman–Crippen MR) is 79.9 cm³/mol. The summed E-state index contributed by atoms with van der Waals surface area (Å²) in [7, 11) is 0. The van der Waals surface area contributed by atoms with E-state index in [-0.39, 0.29) is 11.5 Å². The number of benzene rings is 2. The van der Waals surface area contributed by atoms with E-state index in [4.69, 9.17) is 10.8 Å². The summed E-state index contributed by atoms with van der Waals surface area (Å²) in [6.45, 7) is 0. The number of nitrogen functional groups attached to an aromatic ring is 1. The molecule has 102 valence electrons. The number of anilines is 2. The van der Waals surface area contributed by atoms with Gasteiger partial charge in [-0.15, -0.1) is 0 Å². The molecule has 20 heavy (non-hydrogen) atoms. The summed E-state index contributed by atoms with van der Waals surface area (Å²) in [4.78, 5) is 22.7. The minimum absolute atomic E-state index is 0.163. The zero-order valence-electron chi connectivity index (χ0n) is 10.3. The van der Waals surface area contributed by atoms with Crippen LogP contribution >= 0.6 is 15.9 Å². The second-order valence-electron chi connectivity index (χ2n) is 4.07. The van der Waals surface area contributed by atoms with Crippen molar-refractivity contribution in [1.82, 2.24) is 0 Å². The third kappa shape index (κ3) is 3.16. The lowest BCUT2D eigenvalue weighted by molar-refractivity contribution is 0.0696. The number of amides is 1. The number of halogens is 1. The summed E-state index contributed by atoms with van der Waals surface area (Å²) in [5.74, 6) is -1.32. The SMILES string of the molecule is Nc1cc(C(=O)Nc2ccc(C(=O)O)cc2)ccc1Br. The quantitative estimate of drug-likeness (QED) is 0.752. The Labute approximate surface area is 123 Å². The van der Waals surface area contributed by atoms with E-state index >= 15 is 0 Å². The number of aromatic carboxylic acids is 1. The molecule has 0 bridgehead atoms. The molecule has 5 nitrogen and oxygen atoms in total. The number of carboxylic acid groups (broad SMARTS) is 1. The number of hydrogen-bond donors (Lipinski definition) is 3. The Morgan fingerprint density at radius 2 is 1.65 bits per heavy atom. The minimum Gasteiger partial charge on any atom is -0.478 e. The van der Waals surface area contributed by atoms with Crippen LogP contribution in [0.2, 0.25) is 0 Å². The van der Waals surface area contributed by atoms with Crippen LogP contribution in [0, 0.1) is 0 Å². The average Bonchev–Trinajstić information content (AvgIpc) is 2.42. The van der Waals surface area contributed by atoms with Crippen LogP contribution in [0.5, 0.6) is 0 Å². The summed E-state index contributed by atoms with van der Waals surface area (Å²) in [6.07, 6.45) is 0. The largest absolute Gasteiger partial charge is 0.478 e. The van der Waals surface area contributed by atoms with E-state index < -0.39 is 5.97 Å². The number of rotatable bonds is 3. The molecule has 0 spiro atoms. The van der Waals surface area contributed by atoms with Crippen LogP contribution in [-0.2, 0) is 0 Å². The van der Waals surface area contributed by atoms with Gasteiger partial charge in [0.15, 0.2) is 0 Å². The summed E-state index contributed by atoms with van der Waals surface area (Å²) in [5, 5.41) is 11.5. The van der Waals surface area contributed by atoms with Gasteiger partial charge in [-0.3, -0.25) is 4.79 Å². The standard InChI is InChI=1S/C14H11BrN2O3/c15-11-6-3-9(7-12(11)16)13(18)17-10-4-1-8(2-5-10)14(19)20/h1-7H,16H2,(H,17,18)(H,19,20). The van der Waals surface area contributed by atoms with Crippen molar-refractivity contribution in [2.45, 2.75) is 0 Å². The first-order chi connectivity index (χ1) is 9.47. The topological polar surface area (TPSA) is 92.4 Å². The molecule has 0 aliphatic carbocycles. The van der Waals surface area contributed by atoms with Crippen molar-refractivity contribution in [3.05, 3.63) is 58.1 Å². The molecular weight excluding hydrogens is 324 g/mol. The molecule has 0 saturated carbocycles. The highest BCUT2D eigenvalue weighted by Crippen LogP contribution is 2.21. The third-order valence-corrected chi connectivity index (χ3v) is 3.37. The molecule has 0 saturated heterocycles. The van der Waals surface area contributed by atoms with Gasteiger partial charge in [0.1, 0.15) is 0 Å². The van der Waals surface area contributed by atoms with Gasteiger partial charge >= 0.3 is 5.97 Å². The molecule has 0 radical (unpaired) electrons. The van der Waals surface area contributed by atoms with E-state index in [0.717, 1.165) is 4.47 Å². The Kier molecular flexibility index (Phi) is 4.05. The van der Waals surface area contributed by atoms with E-state index in [1.165, 1.54) is 24.3 Å². The molecule has 0 aromatic heterocycles. The smallest absolute Gasteiger partial charge is 0.335 e. The van der Waals surface area contributed by atoms with Crippen molar-refractivity contribution >= 4 is 39.2 Å². The van der Waals surface area contributed by atoms with Gasteiger partial charge in [0.25, 0.3) is 5.91 Å². The number of hydrogen-bond acceptors (Lipinski definition) is 3. The molecule has 0 fully saturated rings. The molecule has 0 aliphatic rings. The fourth-order valence-electron chi connectivity index (χ4n) is 1.58. The van der Waals surface area contributed by atoms with Crippen LogP contribution in [-0.4, -0.2) is 17.0 Å². The first-order valence-corrected chi connectivity index (χ1v) is 6.46. The number of carbonyl (C=O) groups excluding carboxylic acids is 1. The molecule has 4 N–H and O–H groups in total. The lowest BCUT2D eigenvalue weighted by Crippen LogP contribution is -2.12. The third-order valence-electron chi connectivity index (χ3n) is 2.65. The van der Waals surface area contributed by atoms with Crippen molar-refractivity contribution in [2.24, 2.45) is 0 Å². The highest BCUT2D eigenvalue weighted by molar-refractivity contribution is 9.10. The van der Waals surface area contributed by atoms with Crippen LogP contribution in [0.3, 0.4) is 0 Å². The molecule has 2 aromatic carbocycles. The van der Waals surface area contributed by atoms with Gasteiger partial charge in [-0.25, -0.2) is 4.79 Å². The number of carbonyl (C=O) groups is 2. The predicted octanol–water partition coefficient (Wildman–Crippen LogP) is 2.98. The van der Waals surface area contributed by atoms with Crippen LogP contribution < -0.4 is 11.1 Å². The monoisotopic (exact) mass is 334 g/mol. The van der Waals surface area contributed by atoms with Gasteiger partial charge in [-0.2, -0.15) is 0 Å². The Hall–Kier alpha value is -2.34. The lowest BCUT2D eigenvalue weighted by atomic mass is 10.1. The van der Waals surface area contributed by atoms with Crippen LogP contribution in [0.1, 0.15) is 20.7 Å². The van der Waals surface area contributed by atoms with Crippen LogP contribution in [0.4, 0.5) is 11.4 Å². The second kappa shape index (κ2) is 5.75. The average molecular weight is 335 g/mol. The van der Waals surface area contributed by atoms with E-state index in [2.05, 4.69) is 21.2 Å². The number of carboxylic acids is 1. The first kappa shape index (κ1) is 14.1. The van der Waals surface area contributed by atoms with Crippen molar-refractivity contribution in [2.75, 3.05) is 11.1 Å². The van der Waals surface area contributed by atoms with Crippen LogP contribution in [0.15, 0.2) is 46.9 Å². The number of nitrogens with one attached hydrogen (secondary N) is 1. The van der Waals surface area contributed by atoms with Crippen molar-refractivity contribution in [3.63, 3.8) is 0 Å². The Morgan fingerprint density at radius 3 is 2.20 bits per heavy atom. The van der Waals surface area contributed by atoms with E-state index in [1.54, 1.807) is 18.2 Å². The highest BCUT2D eigenvalue weighted by atomic mass is 79.9. The zero-order valence-corrected chi connectivity index (χ0v) is 11.8. The molecular formula is C14H11BrN2O3. The van der Waals surface area contributed by atoms with Crippen molar-refractivity contribution in [1.29, 1.82) is 0 Å². The molecule has 0 atom stereocenters. The summed E-state index contributed by atoms with van der Waals surface area (Å²) < 4.78 is 0.722. The van der Waals surface area contributed by atoms with Gasteiger partial charge in [0, 0.05) is 21.4 Å². The molecule has 0 unspecified atom stereocenters. The van der Waals surface area contributed by atoms with Gasteiger partial charge in [-0.05, 0) is 58.4 Å². The van der Waals surface area contributed by atoms with E-state index in [1.807, 2.05) is 0 Å². The Balaban J connectivity index is 2.14. The lowest BCUT2D eigenvalue weighted by Gasteiger charge is -2.07. The zero-order chi connectivity index (χ0) is 14.7. The first-order valence-electron chi connectivity index (χ1n) is 5.67. The maximum Gasteiger partial charge on any atom is 0.335 e. The van der Waals surface area contributed by atoms with Gasteiger partial charge in [0.05, 0.1) is 5.56 Å².